The van der Waals surface area contributed by atoms with E-state index in [-0.39, 0.29) is 24.1 Å². The molecule has 25 heavy (non-hydrogen) atoms. The van der Waals surface area contributed by atoms with Gasteiger partial charge in [0, 0.05) is 18.7 Å². The van der Waals surface area contributed by atoms with Gasteiger partial charge in [-0.15, -0.1) is 12.4 Å². The lowest BCUT2D eigenvalue weighted by molar-refractivity contribution is 0.0985. The van der Waals surface area contributed by atoms with Gasteiger partial charge in [-0.05, 0) is 50.5 Å². The van der Waals surface area contributed by atoms with Crippen molar-refractivity contribution in [2.24, 2.45) is 0 Å². The Morgan fingerprint density at radius 3 is 2.40 bits per heavy atom. The van der Waals surface area contributed by atoms with Gasteiger partial charge in [0.05, 0.1) is 10.2 Å². The molecule has 0 saturated carbocycles. The molecule has 7 heteroatoms. The zero-order chi connectivity index (χ0) is 17.1. The predicted molar refractivity (Wildman–Crippen MR) is 103 cm³/mol. The first-order chi connectivity index (χ1) is 11.5. The Labute approximate surface area is 156 Å². The van der Waals surface area contributed by atoms with Gasteiger partial charge in [0.15, 0.2) is 5.13 Å². The fourth-order valence-electron chi connectivity index (χ4n) is 2.31. The van der Waals surface area contributed by atoms with Crippen LogP contribution in [0.15, 0.2) is 48.5 Å². The van der Waals surface area contributed by atoms with Crippen molar-refractivity contribution in [2.45, 2.75) is 0 Å². The Morgan fingerprint density at radius 2 is 1.76 bits per heavy atom. The minimum Gasteiger partial charge on any atom is -0.308 e. The molecule has 0 spiro atoms. The summed E-state index contributed by atoms with van der Waals surface area (Å²) in [6.45, 7) is 1.23. The largest absolute Gasteiger partial charge is 0.308 e. The van der Waals surface area contributed by atoms with Gasteiger partial charge in [-0.3, -0.25) is 9.69 Å². The van der Waals surface area contributed by atoms with Crippen LogP contribution >= 0.6 is 23.7 Å². The average Bonchev–Trinajstić information content (AvgIpc) is 2.99. The number of hydrogen-bond donors (Lipinski definition) is 0. The number of rotatable bonds is 5. The predicted octanol–water partition coefficient (Wildman–Crippen LogP) is 4.07. The highest BCUT2D eigenvalue weighted by atomic mass is 35.5. The van der Waals surface area contributed by atoms with E-state index in [0.717, 1.165) is 10.2 Å². The molecule has 0 fully saturated rings. The fraction of sp³-hybridized carbons (Fsp3) is 0.222. The summed E-state index contributed by atoms with van der Waals surface area (Å²) < 4.78 is 14.2. The number of nitrogens with zero attached hydrogens (tertiary/aromatic N) is 3. The lowest BCUT2D eigenvalue weighted by atomic mass is 10.2. The quantitative estimate of drug-likeness (QED) is 0.670. The van der Waals surface area contributed by atoms with Gasteiger partial charge in [0.25, 0.3) is 5.91 Å². The monoisotopic (exact) mass is 379 g/mol. The van der Waals surface area contributed by atoms with Gasteiger partial charge in [0.1, 0.15) is 5.82 Å². The first kappa shape index (κ1) is 19.3. The van der Waals surface area contributed by atoms with Gasteiger partial charge in [-0.1, -0.05) is 23.5 Å². The molecule has 2 aromatic carbocycles. The number of carbonyl (C=O) groups is 1. The van der Waals surface area contributed by atoms with E-state index >= 15 is 0 Å². The molecule has 1 aromatic heterocycles. The first-order valence-electron chi connectivity index (χ1n) is 7.62. The van der Waals surface area contributed by atoms with Crippen LogP contribution < -0.4 is 4.90 Å². The second kappa shape index (κ2) is 8.38. The van der Waals surface area contributed by atoms with E-state index in [2.05, 4.69) is 4.98 Å². The summed E-state index contributed by atoms with van der Waals surface area (Å²) in [7, 11) is 3.91. The molecule has 3 rings (SSSR count). The summed E-state index contributed by atoms with van der Waals surface area (Å²) in [6, 6.07) is 13.4. The summed E-state index contributed by atoms with van der Waals surface area (Å²) in [6.07, 6.45) is 0. The number of likely N-dealkylation sites (N-methyl/N-ethyl adjacent to an activating group) is 1. The van der Waals surface area contributed by atoms with Crippen LogP contribution in [0.5, 0.6) is 0 Å². The van der Waals surface area contributed by atoms with Crippen LogP contribution in [0.4, 0.5) is 9.52 Å². The molecular weight excluding hydrogens is 361 g/mol. The van der Waals surface area contributed by atoms with Gasteiger partial charge < -0.3 is 4.90 Å². The Morgan fingerprint density at radius 1 is 1.08 bits per heavy atom. The number of thiazole rings is 1. The number of hydrogen-bond acceptors (Lipinski definition) is 4. The average molecular weight is 380 g/mol. The zero-order valence-electron chi connectivity index (χ0n) is 14.0. The van der Waals surface area contributed by atoms with E-state index in [1.54, 1.807) is 4.90 Å². The third-order valence-electron chi connectivity index (χ3n) is 3.62. The number of carbonyl (C=O) groups excluding carboxylic acids is 1. The fourth-order valence-corrected chi connectivity index (χ4v) is 3.30. The van der Waals surface area contributed by atoms with Crippen molar-refractivity contribution in [3.05, 3.63) is 59.9 Å². The highest BCUT2D eigenvalue weighted by Crippen LogP contribution is 2.29. The van der Waals surface area contributed by atoms with Crippen molar-refractivity contribution < 1.29 is 9.18 Å². The van der Waals surface area contributed by atoms with Crippen LogP contribution in [0, 0.1) is 5.82 Å². The molecule has 1 amide bonds. The number of fused-ring (bicyclic) bond motifs is 1. The number of para-hydroxylation sites is 1. The van der Waals surface area contributed by atoms with Crippen molar-refractivity contribution in [2.75, 3.05) is 32.1 Å². The summed E-state index contributed by atoms with van der Waals surface area (Å²) >= 11 is 1.48. The van der Waals surface area contributed by atoms with E-state index in [4.69, 9.17) is 0 Å². The van der Waals surface area contributed by atoms with Crippen LogP contribution in [-0.2, 0) is 0 Å². The standard InChI is InChI=1S/C18H18FN3OS.ClH/c1-21(2)11-12-22(17(23)13-7-9-14(19)10-8-13)18-20-15-5-3-4-6-16(15)24-18;/h3-10H,11-12H2,1-2H3;1H. The van der Waals surface area contributed by atoms with Gasteiger partial charge in [-0.2, -0.15) is 0 Å². The third kappa shape index (κ3) is 4.54. The summed E-state index contributed by atoms with van der Waals surface area (Å²) in [5.74, 6) is -0.526. The molecule has 0 radical (unpaired) electrons. The van der Waals surface area contributed by atoms with Crippen LogP contribution in [0.2, 0.25) is 0 Å². The van der Waals surface area contributed by atoms with Crippen molar-refractivity contribution in [3.63, 3.8) is 0 Å². The molecule has 0 aliphatic heterocycles. The normalized spacial score (nSPS) is 10.7. The minimum atomic E-state index is -0.355. The second-order valence-corrected chi connectivity index (χ2v) is 6.74. The van der Waals surface area contributed by atoms with Crippen molar-refractivity contribution in [1.82, 2.24) is 9.88 Å². The van der Waals surface area contributed by atoms with E-state index in [1.165, 1.54) is 35.6 Å². The number of halogens is 2. The van der Waals surface area contributed by atoms with Gasteiger partial charge in [0.2, 0.25) is 0 Å². The SMILES string of the molecule is CN(C)CCN(C(=O)c1ccc(F)cc1)c1nc2ccccc2s1.Cl. The summed E-state index contributed by atoms with van der Waals surface area (Å²) in [5.41, 5.74) is 1.33. The molecule has 0 saturated heterocycles. The van der Waals surface area contributed by atoms with Crippen molar-refractivity contribution in [3.8, 4) is 0 Å². The topological polar surface area (TPSA) is 36.4 Å². The van der Waals surface area contributed by atoms with Crippen LogP contribution in [0.3, 0.4) is 0 Å². The molecule has 0 bridgehead atoms. The number of amides is 1. The Bertz CT molecular complexity index is 818. The highest BCUT2D eigenvalue weighted by Gasteiger charge is 2.21. The van der Waals surface area contributed by atoms with E-state index in [0.29, 0.717) is 23.8 Å². The Balaban J connectivity index is 0.00000225. The third-order valence-corrected chi connectivity index (χ3v) is 4.68. The summed E-state index contributed by atoms with van der Waals surface area (Å²) in [5, 5.41) is 0.660. The van der Waals surface area contributed by atoms with Crippen LogP contribution in [-0.4, -0.2) is 43.0 Å². The molecule has 0 aliphatic rings. The van der Waals surface area contributed by atoms with Crippen LogP contribution in [0.25, 0.3) is 10.2 Å². The molecule has 4 nitrogen and oxygen atoms in total. The van der Waals surface area contributed by atoms with Gasteiger partial charge in [-0.25, -0.2) is 9.37 Å². The molecule has 132 valence electrons. The maximum atomic E-state index is 13.1. The molecule has 0 aliphatic carbocycles. The van der Waals surface area contributed by atoms with Crippen molar-refractivity contribution >= 4 is 45.0 Å². The van der Waals surface area contributed by atoms with E-state index in [1.807, 2.05) is 43.3 Å². The molecule has 0 unspecified atom stereocenters. The molecular formula is C18H19ClFN3OS. The molecule has 1 heterocycles. The Kier molecular flexibility index (Phi) is 6.47. The van der Waals surface area contributed by atoms with Crippen molar-refractivity contribution in [1.29, 1.82) is 0 Å². The maximum absolute atomic E-state index is 13.1. The second-order valence-electron chi connectivity index (χ2n) is 5.73. The number of aromatic nitrogens is 1. The highest BCUT2D eigenvalue weighted by molar-refractivity contribution is 7.22. The smallest absolute Gasteiger partial charge is 0.260 e. The molecule has 0 N–H and O–H groups in total. The molecule has 3 aromatic rings. The Hall–Kier alpha value is -2.02. The van der Waals surface area contributed by atoms with Crippen LogP contribution in [0.1, 0.15) is 10.4 Å². The number of anilines is 1. The maximum Gasteiger partial charge on any atom is 0.260 e. The lowest BCUT2D eigenvalue weighted by Gasteiger charge is -2.22. The lowest BCUT2D eigenvalue weighted by Crippen LogP contribution is -2.36. The van der Waals surface area contributed by atoms with E-state index in [9.17, 15) is 9.18 Å². The minimum absolute atomic E-state index is 0. The molecule has 0 atom stereocenters. The van der Waals surface area contributed by atoms with E-state index < -0.39 is 0 Å². The van der Waals surface area contributed by atoms with Gasteiger partial charge >= 0.3 is 0 Å². The zero-order valence-corrected chi connectivity index (χ0v) is 15.6. The first-order valence-corrected chi connectivity index (χ1v) is 8.44. The number of benzene rings is 2. The summed E-state index contributed by atoms with van der Waals surface area (Å²) in [4.78, 5) is 21.2.